The summed E-state index contributed by atoms with van der Waals surface area (Å²) in [4.78, 5) is 10.8. The molecule has 2 unspecified atom stereocenters. The van der Waals surface area contributed by atoms with Crippen LogP contribution in [0.1, 0.15) is 30.0 Å². The Morgan fingerprint density at radius 3 is 2.76 bits per heavy atom. The van der Waals surface area contributed by atoms with Gasteiger partial charge >= 0.3 is 5.97 Å². The lowest BCUT2D eigenvalue weighted by Gasteiger charge is -2.28. The lowest BCUT2D eigenvalue weighted by Crippen LogP contribution is -2.36. The van der Waals surface area contributed by atoms with Crippen molar-refractivity contribution in [2.75, 3.05) is 6.54 Å². The molecule has 2 atom stereocenters. The van der Waals surface area contributed by atoms with Crippen LogP contribution in [0.15, 0.2) is 18.2 Å². The minimum atomic E-state index is -0.744. The Morgan fingerprint density at radius 2 is 2.24 bits per heavy atom. The van der Waals surface area contributed by atoms with E-state index in [4.69, 9.17) is 5.11 Å². The van der Waals surface area contributed by atoms with Crippen molar-refractivity contribution in [2.24, 2.45) is 5.92 Å². The van der Waals surface area contributed by atoms with E-state index in [0.29, 0.717) is 18.5 Å². The predicted octanol–water partition coefficient (Wildman–Crippen LogP) is 2.26. The number of hydrogen-bond acceptors (Lipinski definition) is 2. The Kier molecular flexibility index (Phi) is 3.43. The molecule has 1 aromatic rings. The first-order valence-corrected chi connectivity index (χ1v) is 5.80. The number of aryl methyl sites for hydroxylation is 1. The average molecular weight is 237 g/mol. The van der Waals surface area contributed by atoms with Crippen LogP contribution in [0.2, 0.25) is 0 Å². The number of carbonyl (C=O) groups is 1. The van der Waals surface area contributed by atoms with E-state index in [2.05, 4.69) is 5.32 Å². The molecule has 0 spiro atoms. The molecule has 0 bridgehead atoms. The minimum absolute atomic E-state index is 0.143. The molecular formula is C13H16FNO2. The third-order valence-electron chi connectivity index (χ3n) is 3.35. The number of benzene rings is 1. The maximum Gasteiger partial charge on any atom is 0.307 e. The van der Waals surface area contributed by atoms with E-state index in [1.54, 1.807) is 13.0 Å². The van der Waals surface area contributed by atoms with E-state index in [1.807, 2.05) is 6.07 Å². The zero-order valence-electron chi connectivity index (χ0n) is 9.74. The van der Waals surface area contributed by atoms with Crippen LogP contribution < -0.4 is 5.32 Å². The highest BCUT2D eigenvalue weighted by Gasteiger charge is 2.26. The molecule has 1 aliphatic rings. The summed E-state index contributed by atoms with van der Waals surface area (Å²) in [6, 6.07) is 5.20. The second-order valence-corrected chi connectivity index (χ2v) is 4.58. The lowest BCUT2D eigenvalue weighted by atomic mass is 9.90. The van der Waals surface area contributed by atoms with Crippen LogP contribution in [0.4, 0.5) is 4.39 Å². The number of carboxylic acids is 1. The van der Waals surface area contributed by atoms with Crippen molar-refractivity contribution in [3.8, 4) is 0 Å². The van der Waals surface area contributed by atoms with E-state index < -0.39 is 5.97 Å². The number of nitrogens with one attached hydrogen (secondary N) is 1. The fraction of sp³-hybridized carbons (Fsp3) is 0.462. The molecule has 1 aromatic carbocycles. The molecule has 17 heavy (non-hydrogen) atoms. The molecule has 0 aliphatic carbocycles. The van der Waals surface area contributed by atoms with Gasteiger partial charge in [0.15, 0.2) is 0 Å². The van der Waals surface area contributed by atoms with Gasteiger partial charge in [0.1, 0.15) is 5.82 Å². The van der Waals surface area contributed by atoms with Crippen LogP contribution in [-0.4, -0.2) is 17.6 Å². The summed E-state index contributed by atoms with van der Waals surface area (Å²) in [5.41, 5.74) is 1.66. The highest BCUT2D eigenvalue weighted by Crippen LogP contribution is 2.26. The van der Waals surface area contributed by atoms with Gasteiger partial charge in [-0.05, 0) is 37.0 Å². The summed E-state index contributed by atoms with van der Waals surface area (Å²) in [6.07, 6.45) is 1.45. The van der Waals surface area contributed by atoms with Crippen molar-refractivity contribution in [1.82, 2.24) is 5.32 Å². The van der Waals surface area contributed by atoms with Gasteiger partial charge in [-0.15, -0.1) is 0 Å². The molecule has 0 aromatic heterocycles. The van der Waals surface area contributed by atoms with Gasteiger partial charge in [0, 0.05) is 12.6 Å². The average Bonchev–Trinajstić information content (AvgIpc) is 2.33. The van der Waals surface area contributed by atoms with E-state index in [9.17, 15) is 9.18 Å². The summed E-state index contributed by atoms with van der Waals surface area (Å²) in [5.74, 6) is -1.24. The van der Waals surface area contributed by atoms with Crippen LogP contribution in [-0.2, 0) is 4.79 Å². The minimum Gasteiger partial charge on any atom is -0.481 e. The summed E-state index contributed by atoms with van der Waals surface area (Å²) in [5, 5.41) is 12.1. The number of piperidine rings is 1. The second-order valence-electron chi connectivity index (χ2n) is 4.58. The fourth-order valence-electron chi connectivity index (χ4n) is 2.24. The van der Waals surface area contributed by atoms with Gasteiger partial charge in [-0.3, -0.25) is 4.79 Å². The number of hydrogen-bond donors (Lipinski definition) is 2. The van der Waals surface area contributed by atoms with Crippen LogP contribution in [0.3, 0.4) is 0 Å². The van der Waals surface area contributed by atoms with Crippen LogP contribution in [0.25, 0.3) is 0 Å². The first-order chi connectivity index (χ1) is 8.08. The molecule has 4 heteroatoms. The second kappa shape index (κ2) is 4.84. The number of carboxylic acid groups (broad SMARTS) is 1. The van der Waals surface area contributed by atoms with E-state index in [0.717, 1.165) is 12.0 Å². The van der Waals surface area contributed by atoms with Crippen molar-refractivity contribution < 1.29 is 14.3 Å². The maximum atomic E-state index is 13.1. The van der Waals surface area contributed by atoms with Crippen LogP contribution >= 0.6 is 0 Å². The van der Waals surface area contributed by atoms with Crippen molar-refractivity contribution >= 4 is 5.97 Å². The highest BCUT2D eigenvalue weighted by atomic mass is 19.1. The van der Waals surface area contributed by atoms with Crippen molar-refractivity contribution in [3.63, 3.8) is 0 Å². The van der Waals surface area contributed by atoms with Gasteiger partial charge < -0.3 is 10.4 Å². The van der Waals surface area contributed by atoms with E-state index in [1.165, 1.54) is 6.07 Å². The molecule has 0 saturated carbocycles. The third kappa shape index (κ3) is 2.64. The monoisotopic (exact) mass is 237 g/mol. The Labute approximate surface area is 99.7 Å². The van der Waals surface area contributed by atoms with Crippen molar-refractivity contribution in [3.05, 3.63) is 35.1 Å². The summed E-state index contributed by atoms with van der Waals surface area (Å²) in [7, 11) is 0. The molecule has 1 fully saturated rings. The molecule has 2 N–H and O–H groups in total. The van der Waals surface area contributed by atoms with Gasteiger partial charge in [0.2, 0.25) is 0 Å². The molecule has 0 radical (unpaired) electrons. The van der Waals surface area contributed by atoms with E-state index in [-0.39, 0.29) is 17.8 Å². The molecule has 1 heterocycles. The zero-order chi connectivity index (χ0) is 12.4. The molecule has 2 rings (SSSR count). The van der Waals surface area contributed by atoms with Crippen molar-refractivity contribution in [2.45, 2.75) is 25.8 Å². The SMILES string of the molecule is Cc1cc(C2CCC(C(=O)O)CN2)ccc1F. The summed E-state index contributed by atoms with van der Waals surface area (Å²) >= 11 is 0. The Bertz CT molecular complexity index is 425. The largest absolute Gasteiger partial charge is 0.481 e. The van der Waals surface area contributed by atoms with Crippen molar-refractivity contribution in [1.29, 1.82) is 0 Å². The topological polar surface area (TPSA) is 49.3 Å². The third-order valence-corrected chi connectivity index (χ3v) is 3.35. The first-order valence-electron chi connectivity index (χ1n) is 5.80. The standard InChI is InChI=1S/C13H16FNO2/c1-8-6-9(2-4-11(8)14)12-5-3-10(7-15-12)13(16)17/h2,4,6,10,12,15H,3,5,7H2,1H3,(H,16,17). The Balaban J connectivity index is 2.05. The molecule has 1 aliphatic heterocycles. The molecule has 92 valence electrons. The zero-order valence-corrected chi connectivity index (χ0v) is 9.74. The number of aliphatic carboxylic acids is 1. The highest BCUT2D eigenvalue weighted by molar-refractivity contribution is 5.70. The molecule has 3 nitrogen and oxygen atoms in total. The lowest BCUT2D eigenvalue weighted by molar-refractivity contribution is -0.142. The molecule has 0 amide bonds. The molecule has 1 saturated heterocycles. The summed E-state index contributed by atoms with van der Waals surface area (Å²) in [6.45, 7) is 2.22. The van der Waals surface area contributed by atoms with Crippen LogP contribution in [0, 0.1) is 18.7 Å². The Morgan fingerprint density at radius 1 is 1.47 bits per heavy atom. The van der Waals surface area contributed by atoms with Crippen LogP contribution in [0.5, 0.6) is 0 Å². The normalized spacial score (nSPS) is 24.6. The Hall–Kier alpha value is -1.42. The quantitative estimate of drug-likeness (QED) is 0.829. The van der Waals surface area contributed by atoms with Gasteiger partial charge in [-0.1, -0.05) is 12.1 Å². The smallest absolute Gasteiger partial charge is 0.307 e. The molecular weight excluding hydrogens is 221 g/mol. The van der Waals surface area contributed by atoms with E-state index >= 15 is 0 Å². The van der Waals surface area contributed by atoms with Gasteiger partial charge in [-0.2, -0.15) is 0 Å². The van der Waals surface area contributed by atoms with Gasteiger partial charge in [-0.25, -0.2) is 4.39 Å². The predicted molar refractivity (Wildman–Crippen MR) is 62.2 cm³/mol. The fourth-order valence-corrected chi connectivity index (χ4v) is 2.24. The first kappa shape index (κ1) is 12.0. The van der Waals surface area contributed by atoms with Gasteiger partial charge in [0.25, 0.3) is 0 Å². The van der Waals surface area contributed by atoms with Gasteiger partial charge in [0.05, 0.1) is 5.92 Å². The maximum absolute atomic E-state index is 13.1. The number of halogens is 1. The number of rotatable bonds is 2. The summed E-state index contributed by atoms with van der Waals surface area (Å²) < 4.78 is 13.1.